The number of hydrogen-bond donors (Lipinski definition) is 1. The molecule has 112 valence electrons. The average Bonchev–Trinajstić information content (AvgIpc) is 2.95. The van der Waals surface area contributed by atoms with Crippen LogP contribution in [0.5, 0.6) is 0 Å². The third-order valence-corrected chi connectivity index (χ3v) is 4.10. The monoisotopic (exact) mass is 290 g/mol. The molecule has 0 aliphatic carbocycles. The quantitative estimate of drug-likeness (QED) is 0.854. The van der Waals surface area contributed by atoms with Crippen molar-refractivity contribution >= 4 is 17.6 Å². The maximum absolute atomic E-state index is 12.4. The fourth-order valence-corrected chi connectivity index (χ4v) is 3.09. The van der Waals surface area contributed by atoms with E-state index in [1.54, 1.807) is 18.0 Å². The third kappa shape index (κ3) is 2.87. The molecule has 0 unspecified atom stereocenters. The van der Waals surface area contributed by atoms with Gasteiger partial charge in [0, 0.05) is 32.5 Å². The van der Waals surface area contributed by atoms with Crippen LogP contribution in [0.3, 0.4) is 0 Å². The molecule has 1 N–H and O–H groups in total. The number of ether oxygens (including phenoxy) is 1. The molecule has 0 bridgehead atoms. The highest BCUT2D eigenvalue weighted by Crippen LogP contribution is 2.31. The standard InChI is InChI=1S/C14H18N4O3/c1-9(19)18-8-10(6-12-11(18)2-5-21-12)14(20)17-13-7-15-3-4-16-13/h3-4,7,10-12H,2,5-6,8H2,1H3,(H,16,17,20)/t10-,11+,12+/m0/s1. The second kappa shape index (κ2) is 5.77. The molecule has 3 atom stereocenters. The number of likely N-dealkylation sites (tertiary alicyclic amines) is 1. The van der Waals surface area contributed by atoms with E-state index in [2.05, 4.69) is 15.3 Å². The molecule has 2 aliphatic heterocycles. The Kier molecular flexibility index (Phi) is 3.83. The van der Waals surface area contributed by atoms with Gasteiger partial charge in [-0.15, -0.1) is 0 Å². The lowest BCUT2D eigenvalue weighted by Gasteiger charge is -2.39. The van der Waals surface area contributed by atoms with E-state index in [9.17, 15) is 9.59 Å². The molecule has 0 spiro atoms. The second-order valence-corrected chi connectivity index (χ2v) is 5.45. The lowest BCUT2D eigenvalue weighted by molar-refractivity contribution is -0.138. The Labute approximate surface area is 122 Å². The fraction of sp³-hybridized carbons (Fsp3) is 0.571. The van der Waals surface area contributed by atoms with Crippen LogP contribution in [-0.2, 0) is 14.3 Å². The molecule has 21 heavy (non-hydrogen) atoms. The Morgan fingerprint density at radius 1 is 1.43 bits per heavy atom. The SMILES string of the molecule is CC(=O)N1C[C@@H](C(=O)Nc2cnccn2)C[C@H]2OCC[C@H]21. The first-order valence-electron chi connectivity index (χ1n) is 7.11. The summed E-state index contributed by atoms with van der Waals surface area (Å²) in [5.41, 5.74) is 0. The molecule has 0 aromatic carbocycles. The molecule has 2 fully saturated rings. The Balaban J connectivity index is 1.70. The zero-order valence-electron chi connectivity index (χ0n) is 11.9. The zero-order valence-corrected chi connectivity index (χ0v) is 11.9. The average molecular weight is 290 g/mol. The lowest BCUT2D eigenvalue weighted by Crippen LogP contribution is -2.53. The van der Waals surface area contributed by atoms with Crippen LogP contribution in [0.1, 0.15) is 19.8 Å². The van der Waals surface area contributed by atoms with Crippen LogP contribution in [0, 0.1) is 5.92 Å². The van der Waals surface area contributed by atoms with E-state index in [-0.39, 0.29) is 29.9 Å². The predicted molar refractivity (Wildman–Crippen MR) is 74.3 cm³/mol. The van der Waals surface area contributed by atoms with E-state index in [4.69, 9.17) is 4.74 Å². The van der Waals surface area contributed by atoms with Gasteiger partial charge in [-0.3, -0.25) is 14.6 Å². The summed E-state index contributed by atoms with van der Waals surface area (Å²) in [5.74, 6) is -0.00945. The van der Waals surface area contributed by atoms with Gasteiger partial charge in [0.1, 0.15) is 0 Å². The zero-order chi connectivity index (χ0) is 14.8. The van der Waals surface area contributed by atoms with Crippen molar-refractivity contribution in [3.05, 3.63) is 18.6 Å². The first kappa shape index (κ1) is 13.9. The first-order chi connectivity index (χ1) is 10.1. The van der Waals surface area contributed by atoms with Crippen LogP contribution in [-0.4, -0.2) is 52.0 Å². The van der Waals surface area contributed by atoms with Gasteiger partial charge in [-0.05, 0) is 12.8 Å². The molecular formula is C14H18N4O3. The lowest BCUT2D eigenvalue weighted by atomic mass is 9.89. The summed E-state index contributed by atoms with van der Waals surface area (Å²) in [6.45, 7) is 2.63. The molecule has 7 heteroatoms. The van der Waals surface area contributed by atoms with Crippen LogP contribution in [0.15, 0.2) is 18.6 Å². The van der Waals surface area contributed by atoms with Gasteiger partial charge in [0.15, 0.2) is 5.82 Å². The van der Waals surface area contributed by atoms with Crippen LogP contribution >= 0.6 is 0 Å². The number of amides is 2. The molecule has 3 rings (SSSR count). The normalized spacial score (nSPS) is 28.0. The number of hydrogen-bond acceptors (Lipinski definition) is 5. The number of rotatable bonds is 2. The summed E-state index contributed by atoms with van der Waals surface area (Å²) in [7, 11) is 0. The molecule has 2 aliphatic rings. The number of piperidine rings is 1. The third-order valence-electron chi connectivity index (χ3n) is 4.10. The molecule has 2 saturated heterocycles. The minimum absolute atomic E-state index is 0.00694. The Bertz CT molecular complexity index is 536. The molecule has 7 nitrogen and oxygen atoms in total. The Morgan fingerprint density at radius 3 is 3.00 bits per heavy atom. The number of aromatic nitrogens is 2. The highest BCUT2D eigenvalue weighted by Gasteiger charge is 2.43. The van der Waals surface area contributed by atoms with Crippen molar-refractivity contribution < 1.29 is 14.3 Å². The van der Waals surface area contributed by atoms with E-state index >= 15 is 0 Å². The largest absolute Gasteiger partial charge is 0.376 e. The summed E-state index contributed by atoms with van der Waals surface area (Å²) >= 11 is 0. The highest BCUT2D eigenvalue weighted by molar-refractivity contribution is 5.92. The van der Waals surface area contributed by atoms with Gasteiger partial charge in [0.25, 0.3) is 0 Å². The highest BCUT2D eigenvalue weighted by atomic mass is 16.5. The minimum atomic E-state index is -0.282. The number of carbonyl (C=O) groups is 2. The summed E-state index contributed by atoms with van der Waals surface area (Å²) in [6, 6.07) is 0.114. The van der Waals surface area contributed by atoms with Crippen molar-refractivity contribution in [3.8, 4) is 0 Å². The van der Waals surface area contributed by atoms with Gasteiger partial charge < -0.3 is 15.0 Å². The van der Waals surface area contributed by atoms with Crippen molar-refractivity contribution in [3.63, 3.8) is 0 Å². The molecule has 3 heterocycles. The number of fused-ring (bicyclic) bond motifs is 1. The smallest absolute Gasteiger partial charge is 0.230 e. The maximum Gasteiger partial charge on any atom is 0.230 e. The maximum atomic E-state index is 12.4. The van der Waals surface area contributed by atoms with Gasteiger partial charge in [-0.25, -0.2) is 4.98 Å². The van der Waals surface area contributed by atoms with Crippen LogP contribution in [0.2, 0.25) is 0 Å². The van der Waals surface area contributed by atoms with Crippen molar-refractivity contribution in [2.24, 2.45) is 5.92 Å². The summed E-state index contributed by atoms with van der Waals surface area (Å²) in [6.07, 6.45) is 6.01. The summed E-state index contributed by atoms with van der Waals surface area (Å²) < 4.78 is 5.67. The van der Waals surface area contributed by atoms with Crippen molar-refractivity contribution in [2.75, 3.05) is 18.5 Å². The molecule has 0 radical (unpaired) electrons. The number of carbonyl (C=O) groups excluding carboxylic acids is 2. The van der Waals surface area contributed by atoms with Crippen LogP contribution in [0.4, 0.5) is 5.82 Å². The van der Waals surface area contributed by atoms with E-state index in [0.717, 1.165) is 6.42 Å². The fourth-order valence-electron chi connectivity index (χ4n) is 3.09. The predicted octanol–water partition coefficient (Wildman–Crippen LogP) is 0.441. The van der Waals surface area contributed by atoms with Crippen molar-refractivity contribution in [1.29, 1.82) is 0 Å². The first-order valence-corrected chi connectivity index (χ1v) is 7.11. The van der Waals surface area contributed by atoms with Crippen molar-refractivity contribution in [1.82, 2.24) is 14.9 Å². The van der Waals surface area contributed by atoms with E-state index in [1.807, 2.05) is 0 Å². The van der Waals surface area contributed by atoms with Gasteiger partial charge in [0.05, 0.1) is 24.3 Å². The van der Waals surface area contributed by atoms with E-state index in [0.29, 0.717) is 25.4 Å². The van der Waals surface area contributed by atoms with Gasteiger partial charge in [-0.2, -0.15) is 0 Å². The van der Waals surface area contributed by atoms with Gasteiger partial charge >= 0.3 is 0 Å². The molecule has 1 aromatic heterocycles. The van der Waals surface area contributed by atoms with E-state index in [1.165, 1.54) is 12.4 Å². The topological polar surface area (TPSA) is 84.4 Å². The van der Waals surface area contributed by atoms with Crippen LogP contribution in [0.25, 0.3) is 0 Å². The van der Waals surface area contributed by atoms with Gasteiger partial charge in [0.2, 0.25) is 11.8 Å². The second-order valence-electron chi connectivity index (χ2n) is 5.45. The Morgan fingerprint density at radius 2 is 2.29 bits per heavy atom. The number of nitrogens with one attached hydrogen (secondary N) is 1. The summed E-state index contributed by atoms with van der Waals surface area (Å²) in [4.78, 5) is 33.8. The Hall–Kier alpha value is -2.02. The van der Waals surface area contributed by atoms with Gasteiger partial charge in [-0.1, -0.05) is 0 Å². The molecular weight excluding hydrogens is 272 g/mol. The number of nitrogens with zero attached hydrogens (tertiary/aromatic N) is 3. The van der Waals surface area contributed by atoms with Crippen molar-refractivity contribution in [2.45, 2.75) is 31.9 Å². The molecule has 2 amide bonds. The van der Waals surface area contributed by atoms with Crippen LogP contribution < -0.4 is 5.32 Å². The summed E-state index contributed by atoms with van der Waals surface area (Å²) in [5, 5.41) is 2.74. The van der Waals surface area contributed by atoms with E-state index < -0.39 is 0 Å². The minimum Gasteiger partial charge on any atom is -0.376 e. The molecule has 0 saturated carbocycles. The number of anilines is 1. The molecule has 1 aromatic rings.